The predicted molar refractivity (Wildman–Crippen MR) is 87.1 cm³/mol. The summed E-state index contributed by atoms with van der Waals surface area (Å²) >= 11 is 9.59. The van der Waals surface area contributed by atoms with Gasteiger partial charge in [-0.2, -0.15) is 5.26 Å². The number of hydrogen-bond acceptors (Lipinski definition) is 2. The van der Waals surface area contributed by atoms with Crippen molar-refractivity contribution in [1.82, 2.24) is 0 Å². The second-order valence-corrected chi connectivity index (χ2v) is 6.01. The zero-order valence-electron chi connectivity index (χ0n) is 11.0. The van der Waals surface area contributed by atoms with Crippen LogP contribution < -0.4 is 5.32 Å². The molecule has 0 heterocycles. The number of nitrogens with zero attached hydrogens (tertiary/aromatic N) is 1. The van der Waals surface area contributed by atoms with E-state index in [1.54, 1.807) is 12.1 Å². The van der Waals surface area contributed by atoms with Gasteiger partial charge in [-0.05, 0) is 49.2 Å². The Labute approximate surface area is 132 Å². The topological polar surface area (TPSA) is 35.8 Å². The van der Waals surface area contributed by atoms with Crippen LogP contribution in [0.3, 0.4) is 0 Å². The first-order valence-electron chi connectivity index (χ1n) is 6.29. The molecule has 102 valence electrons. The molecule has 0 fully saturated rings. The normalized spacial score (nSPS) is 11.7. The summed E-state index contributed by atoms with van der Waals surface area (Å²) in [7, 11) is 0. The summed E-state index contributed by atoms with van der Waals surface area (Å²) in [5, 5.41) is 12.8. The van der Waals surface area contributed by atoms with E-state index in [-0.39, 0.29) is 6.04 Å². The smallest absolute Gasteiger partial charge is 0.0992 e. The molecule has 20 heavy (non-hydrogen) atoms. The van der Waals surface area contributed by atoms with Gasteiger partial charge in [0, 0.05) is 10.5 Å². The molecule has 0 saturated heterocycles. The van der Waals surface area contributed by atoms with Crippen molar-refractivity contribution in [2.75, 3.05) is 5.32 Å². The molecule has 0 radical (unpaired) electrons. The van der Waals surface area contributed by atoms with Crippen LogP contribution in [0.4, 0.5) is 5.69 Å². The van der Waals surface area contributed by atoms with E-state index in [1.165, 1.54) is 5.56 Å². The Morgan fingerprint density at radius 2 is 1.95 bits per heavy atom. The number of anilines is 1. The Bertz CT molecular complexity index is 632. The Morgan fingerprint density at radius 1 is 1.25 bits per heavy atom. The minimum atomic E-state index is 0.251. The maximum atomic E-state index is 8.82. The fourth-order valence-corrected chi connectivity index (χ4v) is 2.49. The lowest BCUT2D eigenvalue weighted by molar-refractivity contribution is 0.790. The van der Waals surface area contributed by atoms with E-state index in [9.17, 15) is 0 Å². The van der Waals surface area contributed by atoms with E-state index in [0.717, 1.165) is 16.6 Å². The maximum absolute atomic E-state index is 8.82. The van der Waals surface area contributed by atoms with Gasteiger partial charge in [-0.15, -0.1) is 0 Å². The lowest BCUT2D eigenvalue weighted by Crippen LogP contribution is -2.18. The van der Waals surface area contributed by atoms with Gasteiger partial charge in [-0.25, -0.2) is 0 Å². The second-order valence-electron chi connectivity index (χ2n) is 4.68. The van der Waals surface area contributed by atoms with Crippen LogP contribution in [-0.2, 0) is 6.42 Å². The first-order valence-corrected chi connectivity index (χ1v) is 7.46. The third-order valence-electron chi connectivity index (χ3n) is 2.96. The van der Waals surface area contributed by atoms with Gasteiger partial charge in [0.15, 0.2) is 0 Å². The highest BCUT2D eigenvalue weighted by Crippen LogP contribution is 2.24. The molecule has 2 aromatic rings. The van der Waals surface area contributed by atoms with E-state index in [2.05, 4.69) is 46.4 Å². The van der Waals surface area contributed by atoms with Crippen molar-refractivity contribution in [2.45, 2.75) is 19.4 Å². The molecule has 2 nitrogen and oxygen atoms in total. The SMILES string of the molecule is CC(Cc1ccc(Br)cc1)Nc1ccc(C#N)cc1Cl. The average Bonchev–Trinajstić information content (AvgIpc) is 2.43. The van der Waals surface area contributed by atoms with E-state index >= 15 is 0 Å². The van der Waals surface area contributed by atoms with Crippen LogP contribution in [-0.4, -0.2) is 6.04 Å². The number of nitrogens with one attached hydrogen (secondary N) is 1. The zero-order valence-corrected chi connectivity index (χ0v) is 13.4. The Balaban J connectivity index is 2.03. The maximum Gasteiger partial charge on any atom is 0.0992 e. The highest BCUT2D eigenvalue weighted by Gasteiger charge is 2.07. The fourth-order valence-electron chi connectivity index (χ4n) is 1.99. The summed E-state index contributed by atoms with van der Waals surface area (Å²) in [6.45, 7) is 2.11. The molecule has 0 amide bonds. The van der Waals surface area contributed by atoms with Gasteiger partial charge in [-0.3, -0.25) is 0 Å². The monoisotopic (exact) mass is 348 g/mol. The molecule has 1 N–H and O–H groups in total. The minimum absolute atomic E-state index is 0.251. The molecule has 0 aliphatic carbocycles. The molecule has 0 aliphatic heterocycles. The van der Waals surface area contributed by atoms with E-state index in [0.29, 0.717) is 10.6 Å². The number of benzene rings is 2. The van der Waals surface area contributed by atoms with Crippen LogP contribution in [0.15, 0.2) is 46.9 Å². The molecule has 0 spiro atoms. The quantitative estimate of drug-likeness (QED) is 0.841. The number of halogens is 2. The highest BCUT2D eigenvalue weighted by molar-refractivity contribution is 9.10. The van der Waals surface area contributed by atoms with Gasteiger partial charge >= 0.3 is 0 Å². The lowest BCUT2D eigenvalue weighted by atomic mass is 10.1. The van der Waals surface area contributed by atoms with Crippen LogP contribution in [0.25, 0.3) is 0 Å². The summed E-state index contributed by atoms with van der Waals surface area (Å²) < 4.78 is 1.08. The minimum Gasteiger partial charge on any atom is -0.381 e. The molecule has 0 bridgehead atoms. The van der Waals surface area contributed by atoms with E-state index < -0.39 is 0 Å². The van der Waals surface area contributed by atoms with Crippen molar-refractivity contribution in [2.24, 2.45) is 0 Å². The van der Waals surface area contributed by atoms with Crippen molar-refractivity contribution in [3.8, 4) is 6.07 Å². The summed E-state index contributed by atoms with van der Waals surface area (Å²) in [5.74, 6) is 0. The molecule has 0 aliphatic rings. The van der Waals surface area contributed by atoms with Crippen molar-refractivity contribution < 1.29 is 0 Å². The fraction of sp³-hybridized carbons (Fsp3) is 0.188. The molecular formula is C16H14BrClN2. The molecule has 1 unspecified atom stereocenters. The van der Waals surface area contributed by atoms with Gasteiger partial charge in [0.05, 0.1) is 22.3 Å². The summed E-state index contributed by atoms with van der Waals surface area (Å²) in [6, 6.07) is 15.9. The van der Waals surface area contributed by atoms with Gasteiger partial charge in [-0.1, -0.05) is 39.7 Å². The van der Waals surface area contributed by atoms with Crippen molar-refractivity contribution in [1.29, 1.82) is 5.26 Å². The van der Waals surface area contributed by atoms with Gasteiger partial charge in [0.2, 0.25) is 0 Å². The molecule has 1 atom stereocenters. The van der Waals surface area contributed by atoms with Gasteiger partial charge in [0.1, 0.15) is 0 Å². The molecule has 0 saturated carbocycles. The Kier molecular flexibility index (Phi) is 5.05. The third kappa shape index (κ3) is 4.00. The standard InChI is InChI=1S/C16H14BrClN2/c1-11(8-12-2-5-14(17)6-3-12)20-16-7-4-13(10-19)9-15(16)18/h2-7,9,11,20H,8H2,1H3. The van der Waals surface area contributed by atoms with Crippen LogP contribution in [0.5, 0.6) is 0 Å². The van der Waals surface area contributed by atoms with Crippen LogP contribution in [0, 0.1) is 11.3 Å². The molecule has 4 heteroatoms. The number of hydrogen-bond donors (Lipinski definition) is 1. The first kappa shape index (κ1) is 14.9. The first-order chi connectivity index (χ1) is 9.58. The molecule has 0 aromatic heterocycles. The van der Waals surface area contributed by atoms with Crippen molar-refractivity contribution in [3.05, 3.63) is 63.1 Å². The van der Waals surface area contributed by atoms with E-state index in [4.69, 9.17) is 16.9 Å². The Morgan fingerprint density at radius 3 is 2.55 bits per heavy atom. The van der Waals surface area contributed by atoms with Crippen molar-refractivity contribution in [3.63, 3.8) is 0 Å². The summed E-state index contributed by atoms with van der Waals surface area (Å²) in [4.78, 5) is 0. The van der Waals surface area contributed by atoms with E-state index in [1.807, 2.05) is 18.2 Å². The largest absolute Gasteiger partial charge is 0.381 e. The number of rotatable bonds is 4. The molecule has 2 aromatic carbocycles. The molecule has 2 rings (SSSR count). The Hall–Kier alpha value is -1.50. The van der Waals surface area contributed by atoms with Crippen LogP contribution in [0.2, 0.25) is 5.02 Å². The summed E-state index contributed by atoms with van der Waals surface area (Å²) in [5.41, 5.74) is 2.69. The third-order valence-corrected chi connectivity index (χ3v) is 3.80. The summed E-state index contributed by atoms with van der Waals surface area (Å²) in [6.07, 6.45) is 0.906. The van der Waals surface area contributed by atoms with Crippen LogP contribution in [0.1, 0.15) is 18.1 Å². The highest BCUT2D eigenvalue weighted by atomic mass is 79.9. The average molecular weight is 350 g/mol. The second kappa shape index (κ2) is 6.78. The molecular weight excluding hydrogens is 336 g/mol. The van der Waals surface area contributed by atoms with Gasteiger partial charge < -0.3 is 5.32 Å². The number of nitriles is 1. The zero-order chi connectivity index (χ0) is 14.5. The van der Waals surface area contributed by atoms with Gasteiger partial charge in [0.25, 0.3) is 0 Å². The van der Waals surface area contributed by atoms with Crippen molar-refractivity contribution >= 4 is 33.2 Å². The predicted octanol–water partition coefficient (Wildman–Crippen LogP) is 5.02. The van der Waals surface area contributed by atoms with Crippen LogP contribution >= 0.6 is 27.5 Å². The lowest BCUT2D eigenvalue weighted by Gasteiger charge is -2.16.